The van der Waals surface area contributed by atoms with Crippen molar-refractivity contribution < 1.29 is 13.2 Å². The smallest absolute Gasteiger partial charge is 0.259 e. The third-order valence-corrected chi connectivity index (χ3v) is 6.60. The molecule has 29 heavy (non-hydrogen) atoms. The van der Waals surface area contributed by atoms with Gasteiger partial charge < -0.3 is 14.4 Å². The van der Waals surface area contributed by atoms with Gasteiger partial charge in [0.1, 0.15) is 0 Å². The Morgan fingerprint density at radius 1 is 1.21 bits per heavy atom. The number of carbonyl (C=O) groups excluding carboxylic acids is 1. The highest BCUT2D eigenvalue weighted by molar-refractivity contribution is 7.89. The molecule has 2 atom stereocenters. The third-order valence-electron chi connectivity index (χ3n) is 5.19. The van der Waals surface area contributed by atoms with E-state index in [4.69, 9.17) is 0 Å². The second-order valence-electron chi connectivity index (χ2n) is 7.87. The summed E-state index contributed by atoms with van der Waals surface area (Å²) in [6.45, 7) is 1.73. The van der Waals surface area contributed by atoms with Crippen molar-refractivity contribution in [3.63, 3.8) is 0 Å². The van der Waals surface area contributed by atoms with Crippen LogP contribution in [0.25, 0.3) is 0 Å². The van der Waals surface area contributed by atoms with E-state index in [1.54, 1.807) is 16.5 Å². The first-order valence-electron chi connectivity index (χ1n) is 9.72. The van der Waals surface area contributed by atoms with Gasteiger partial charge in [0.25, 0.3) is 10.0 Å². The van der Waals surface area contributed by atoms with Gasteiger partial charge in [-0.25, -0.2) is 18.1 Å². The number of rotatable bonds is 6. The summed E-state index contributed by atoms with van der Waals surface area (Å²) in [5.41, 5.74) is 1.09. The van der Waals surface area contributed by atoms with E-state index in [0.717, 1.165) is 5.56 Å². The SMILES string of the molecule is CN1C[C@@H](NS(=O)(=O)c2cn(C)cn2)CC[C@@H](C(=O)N(C)Cc2ccccc2)C1. The lowest BCUT2D eigenvalue weighted by molar-refractivity contribution is -0.135. The Hall–Kier alpha value is -2.23. The number of amides is 1. The summed E-state index contributed by atoms with van der Waals surface area (Å²) >= 11 is 0. The Labute approximate surface area is 172 Å². The number of likely N-dealkylation sites (tertiary alicyclic amines) is 1. The van der Waals surface area contributed by atoms with Crippen molar-refractivity contribution in [2.24, 2.45) is 13.0 Å². The van der Waals surface area contributed by atoms with Gasteiger partial charge in [0.2, 0.25) is 5.91 Å². The fraction of sp³-hybridized carbons (Fsp3) is 0.500. The van der Waals surface area contributed by atoms with Crippen LogP contribution in [0.1, 0.15) is 18.4 Å². The number of hydrogen-bond acceptors (Lipinski definition) is 5. The van der Waals surface area contributed by atoms with Crippen LogP contribution in [-0.2, 0) is 28.4 Å². The summed E-state index contributed by atoms with van der Waals surface area (Å²) in [4.78, 5) is 20.7. The Balaban J connectivity index is 1.61. The van der Waals surface area contributed by atoms with Gasteiger partial charge in [-0.2, -0.15) is 0 Å². The highest BCUT2D eigenvalue weighted by Crippen LogP contribution is 2.20. The molecule has 1 fully saturated rings. The van der Waals surface area contributed by atoms with Crippen LogP contribution in [-0.4, -0.2) is 66.9 Å². The number of hydrogen-bond donors (Lipinski definition) is 1. The highest BCUT2D eigenvalue weighted by Gasteiger charge is 2.31. The second kappa shape index (κ2) is 9.06. The number of sulfonamides is 1. The summed E-state index contributed by atoms with van der Waals surface area (Å²) in [7, 11) is 1.79. The molecule has 0 saturated carbocycles. The van der Waals surface area contributed by atoms with Crippen molar-refractivity contribution in [2.75, 3.05) is 27.2 Å². The average molecular weight is 420 g/mol. The van der Waals surface area contributed by atoms with Crippen molar-refractivity contribution in [1.82, 2.24) is 24.1 Å². The third kappa shape index (κ3) is 5.65. The summed E-state index contributed by atoms with van der Waals surface area (Å²) in [6, 6.07) is 9.63. The van der Waals surface area contributed by atoms with Crippen molar-refractivity contribution >= 4 is 15.9 Å². The largest absolute Gasteiger partial charge is 0.341 e. The van der Waals surface area contributed by atoms with Gasteiger partial charge >= 0.3 is 0 Å². The van der Waals surface area contributed by atoms with Crippen molar-refractivity contribution in [1.29, 1.82) is 0 Å². The van der Waals surface area contributed by atoms with E-state index in [0.29, 0.717) is 32.5 Å². The summed E-state index contributed by atoms with van der Waals surface area (Å²) in [5, 5.41) is 0.0159. The second-order valence-corrected chi connectivity index (χ2v) is 9.53. The predicted octanol–water partition coefficient (Wildman–Crippen LogP) is 1.07. The van der Waals surface area contributed by atoms with E-state index in [1.807, 2.05) is 49.3 Å². The molecule has 9 heteroatoms. The van der Waals surface area contributed by atoms with Crippen LogP contribution in [0.2, 0.25) is 0 Å². The van der Waals surface area contributed by atoms with Gasteiger partial charge in [-0.1, -0.05) is 30.3 Å². The molecule has 0 bridgehead atoms. The molecule has 1 N–H and O–H groups in total. The van der Waals surface area contributed by atoms with Crippen LogP contribution in [0.4, 0.5) is 0 Å². The van der Waals surface area contributed by atoms with E-state index in [-0.39, 0.29) is 22.9 Å². The fourth-order valence-corrected chi connectivity index (χ4v) is 5.01. The van der Waals surface area contributed by atoms with Crippen molar-refractivity contribution in [3.8, 4) is 0 Å². The van der Waals surface area contributed by atoms with E-state index in [2.05, 4.69) is 9.71 Å². The van der Waals surface area contributed by atoms with Crippen LogP contribution in [0.15, 0.2) is 47.9 Å². The number of imidazole rings is 1. The number of nitrogens with zero attached hydrogens (tertiary/aromatic N) is 4. The first-order chi connectivity index (χ1) is 13.7. The van der Waals surface area contributed by atoms with E-state index >= 15 is 0 Å². The number of aryl methyl sites for hydroxylation is 1. The van der Waals surface area contributed by atoms with Crippen molar-refractivity contribution in [2.45, 2.75) is 30.5 Å². The van der Waals surface area contributed by atoms with Crippen LogP contribution in [0, 0.1) is 5.92 Å². The Kier molecular flexibility index (Phi) is 6.71. The zero-order valence-electron chi connectivity index (χ0n) is 17.2. The molecule has 1 aromatic heterocycles. The molecule has 1 aromatic carbocycles. The monoisotopic (exact) mass is 419 g/mol. The predicted molar refractivity (Wildman–Crippen MR) is 110 cm³/mol. The van der Waals surface area contributed by atoms with Gasteiger partial charge in [0, 0.05) is 46.0 Å². The molecule has 0 unspecified atom stereocenters. The average Bonchev–Trinajstić information content (AvgIpc) is 3.04. The summed E-state index contributed by atoms with van der Waals surface area (Å²) in [6.07, 6.45) is 4.18. The van der Waals surface area contributed by atoms with Gasteiger partial charge in [-0.15, -0.1) is 0 Å². The molecule has 1 saturated heterocycles. The quantitative estimate of drug-likeness (QED) is 0.757. The maximum absolute atomic E-state index is 13.0. The first-order valence-corrected chi connectivity index (χ1v) is 11.2. The van der Waals surface area contributed by atoms with Gasteiger partial charge in [0.05, 0.1) is 12.2 Å². The molecule has 2 heterocycles. The van der Waals surface area contributed by atoms with Crippen LogP contribution in [0.3, 0.4) is 0 Å². The number of benzene rings is 1. The molecule has 2 aromatic rings. The standard InChI is InChI=1S/C20H29N5O3S/c1-23-12-17(20(26)25(3)11-16-7-5-4-6-8-16)9-10-18(13-23)22-29(27,28)19-14-24(2)15-21-19/h4-8,14-15,17-18,22H,9-13H2,1-3H3/t17-,18+/m1/s1. The minimum Gasteiger partial charge on any atom is -0.341 e. The van der Waals surface area contributed by atoms with Gasteiger partial charge in [-0.05, 0) is 25.5 Å². The highest BCUT2D eigenvalue weighted by atomic mass is 32.2. The molecule has 0 aliphatic carbocycles. The lowest BCUT2D eigenvalue weighted by atomic mass is 10.0. The van der Waals surface area contributed by atoms with Crippen LogP contribution in [0.5, 0.6) is 0 Å². The number of nitrogens with one attached hydrogen (secondary N) is 1. The minimum atomic E-state index is -3.68. The molecule has 3 rings (SSSR count). The molecule has 0 radical (unpaired) electrons. The maximum atomic E-state index is 13.0. The lowest BCUT2D eigenvalue weighted by Gasteiger charge is -2.25. The van der Waals surface area contributed by atoms with Crippen LogP contribution >= 0.6 is 0 Å². The summed E-state index contributed by atoms with van der Waals surface area (Å²) in [5.74, 6) is -0.0630. The number of carbonyl (C=O) groups is 1. The molecule has 1 amide bonds. The first kappa shape index (κ1) is 21.5. The Morgan fingerprint density at radius 2 is 1.93 bits per heavy atom. The molecule has 8 nitrogen and oxygen atoms in total. The number of aromatic nitrogens is 2. The van der Waals surface area contributed by atoms with Gasteiger partial charge in [-0.3, -0.25) is 4.79 Å². The van der Waals surface area contributed by atoms with E-state index in [9.17, 15) is 13.2 Å². The zero-order chi connectivity index (χ0) is 21.0. The van der Waals surface area contributed by atoms with Crippen LogP contribution < -0.4 is 4.72 Å². The molecular weight excluding hydrogens is 390 g/mol. The molecule has 0 spiro atoms. The van der Waals surface area contributed by atoms with Gasteiger partial charge in [0.15, 0.2) is 5.03 Å². The normalized spacial score (nSPS) is 20.9. The molecule has 1 aliphatic rings. The summed E-state index contributed by atoms with van der Waals surface area (Å²) < 4.78 is 29.5. The van der Waals surface area contributed by atoms with E-state index < -0.39 is 10.0 Å². The van der Waals surface area contributed by atoms with Crippen molar-refractivity contribution in [3.05, 3.63) is 48.4 Å². The Morgan fingerprint density at radius 3 is 2.59 bits per heavy atom. The zero-order valence-corrected chi connectivity index (χ0v) is 18.0. The topological polar surface area (TPSA) is 87.5 Å². The molecular formula is C20H29N5O3S. The van der Waals surface area contributed by atoms with E-state index in [1.165, 1.54) is 12.5 Å². The minimum absolute atomic E-state index is 0.0159. The number of likely N-dealkylation sites (N-methyl/N-ethyl adjacent to an activating group) is 1. The lowest BCUT2D eigenvalue weighted by Crippen LogP contribution is -2.42. The molecule has 158 valence electrons. The maximum Gasteiger partial charge on any atom is 0.259 e. The molecule has 1 aliphatic heterocycles. The fourth-order valence-electron chi connectivity index (χ4n) is 3.76. The Bertz CT molecular complexity index is 929.